The number of likely N-dealkylation sites (N-methyl/N-ethyl adjacent to an activating group) is 1. The van der Waals surface area contributed by atoms with Crippen molar-refractivity contribution in [2.24, 2.45) is 10.9 Å². The van der Waals surface area contributed by atoms with Gasteiger partial charge in [-0.1, -0.05) is 14.4 Å². The molecule has 4 N–H and O–H groups in total. The van der Waals surface area contributed by atoms with Gasteiger partial charge in [0.25, 0.3) is 5.91 Å². The second-order valence-electron chi connectivity index (χ2n) is 7.08. The summed E-state index contributed by atoms with van der Waals surface area (Å²) in [6.45, 7) is 3.27. The molecule has 1 saturated heterocycles. The van der Waals surface area contributed by atoms with Crippen LogP contribution in [0.3, 0.4) is 0 Å². The number of carbonyl (C=O) groups excluding carboxylic acids is 1. The smallest absolute Gasteiger partial charge is 0.255 e. The molecule has 2 aromatic rings. The Kier molecular flexibility index (Phi) is 6.48. The van der Waals surface area contributed by atoms with Gasteiger partial charge in [0.2, 0.25) is 0 Å². The van der Waals surface area contributed by atoms with Crippen molar-refractivity contribution in [1.82, 2.24) is 15.0 Å². The number of ether oxygens (including phenoxy) is 1. The fourth-order valence-corrected chi connectivity index (χ4v) is 4.27. The van der Waals surface area contributed by atoms with Crippen molar-refractivity contribution in [2.45, 2.75) is 26.3 Å². The molecule has 0 spiro atoms. The molecule has 0 aliphatic carbocycles. The fourth-order valence-electron chi connectivity index (χ4n) is 3.84. The minimum atomic E-state index is -0.810. The first kappa shape index (κ1) is 22.9. The largest absolute Gasteiger partial charge is 0.396 e. The molecular formula is C20H26FN7O2S. The van der Waals surface area contributed by atoms with Crippen LogP contribution in [0.15, 0.2) is 24.5 Å². The van der Waals surface area contributed by atoms with Gasteiger partial charge in [-0.25, -0.2) is 14.4 Å². The molecule has 2 aliphatic rings. The van der Waals surface area contributed by atoms with E-state index < -0.39 is 11.4 Å². The molecule has 11 heteroatoms. The van der Waals surface area contributed by atoms with Crippen molar-refractivity contribution >= 4 is 40.0 Å². The van der Waals surface area contributed by atoms with Crippen LogP contribution in [0.4, 0.5) is 15.9 Å². The first-order chi connectivity index (χ1) is 14.4. The highest BCUT2D eigenvalue weighted by molar-refractivity contribution is 8.06. The Bertz CT molecular complexity index is 1020. The number of morpholine rings is 1. The number of carbonyl (C=O) groups is 1. The van der Waals surface area contributed by atoms with Crippen molar-refractivity contribution in [1.29, 1.82) is 0 Å². The molecule has 9 nitrogen and oxygen atoms in total. The van der Waals surface area contributed by atoms with Crippen LogP contribution >= 0.6 is 11.9 Å². The van der Waals surface area contributed by atoms with Gasteiger partial charge in [0.15, 0.2) is 11.6 Å². The van der Waals surface area contributed by atoms with Crippen LogP contribution < -0.4 is 20.7 Å². The van der Waals surface area contributed by atoms with Crippen molar-refractivity contribution in [2.75, 3.05) is 36.6 Å². The van der Waals surface area contributed by atoms with Gasteiger partial charge >= 0.3 is 0 Å². The summed E-state index contributed by atoms with van der Waals surface area (Å²) >= 11 is 0.889. The second-order valence-corrected chi connectivity index (χ2v) is 7.72. The summed E-state index contributed by atoms with van der Waals surface area (Å²) in [7, 11) is 1.71. The number of nitrogens with zero attached hydrogens (tertiary/aromatic N) is 5. The Morgan fingerprint density at radius 1 is 1.35 bits per heavy atom. The molecule has 1 fully saturated rings. The molecular weight excluding hydrogens is 421 g/mol. The number of nitrogens with two attached hydrogens (primary N) is 2. The third kappa shape index (κ3) is 3.62. The van der Waals surface area contributed by atoms with Crippen LogP contribution in [-0.2, 0) is 9.53 Å². The lowest BCUT2D eigenvalue weighted by Crippen LogP contribution is -2.68. The van der Waals surface area contributed by atoms with E-state index in [1.807, 2.05) is 11.8 Å². The molecule has 0 unspecified atom stereocenters. The SMILES string of the molecule is C.CC[C@]12COCCN1c1nc(/C(SN)=C(/N)c3ccc(F)cn3)ncc1N(C)C2=O. The number of aromatic nitrogens is 3. The highest BCUT2D eigenvalue weighted by Crippen LogP contribution is 2.42. The topological polar surface area (TPSA) is 123 Å². The Labute approximate surface area is 184 Å². The summed E-state index contributed by atoms with van der Waals surface area (Å²) in [4.78, 5) is 30.2. The maximum atomic E-state index is 13.2. The minimum absolute atomic E-state index is 0. The van der Waals surface area contributed by atoms with Gasteiger partial charge in [0, 0.05) is 13.6 Å². The predicted molar refractivity (Wildman–Crippen MR) is 120 cm³/mol. The van der Waals surface area contributed by atoms with E-state index in [4.69, 9.17) is 20.6 Å². The van der Waals surface area contributed by atoms with E-state index in [-0.39, 0.29) is 19.0 Å². The summed E-state index contributed by atoms with van der Waals surface area (Å²) in [5.74, 6) is 0.421. The molecule has 2 aromatic heterocycles. The fraction of sp³-hybridized carbons (Fsp3) is 0.400. The minimum Gasteiger partial charge on any atom is -0.396 e. The molecule has 0 bridgehead atoms. The molecule has 31 heavy (non-hydrogen) atoms. The highest BCUT2D eigenvalue weighted by Gasteiger charge is 2.52. The zero-order valence-corrected chi connectivity index (χ0v) is 17.4. The van der Waals surface area contributed by atoms with Crippen molar-refractivity contribution in [3.63, 3.8) is 0 Å². The van der Waals surface area contributed by atoms with Crippen LogP contribution in [0.5, 0.6) is 0 Å². The maximum absolute atomic E-state index is 13.2. The van der Waals surface area contributed by atoms with Crippen molar-refractivity contribution < 1.29 is 13.9 Å². The average Bonchev–Trinajstić information content (AvgIpc) is 2.78. The van der Waals surface area contributed by atoms with Gasteiger partial charge in [0.05, 0.1) is 41.9 Å². The molecule has 0 radical (unpaired) electrons. The standard InChI is InChI=1S/C19H22FN7O2S.CH4/c1-3-19-10-29-7-6-27(19)17-13(26(2)18(19)28)9-24-16(25-17)15(30-22)14(21)12-5-4-11(20)8-23-12;/h4-5,8-9H,3,6-7,10,21-22H2,1-2H3;1H4/b15-14-;/t19-;/m1./s1. The number of pyridine rings is 1. The number of halogens is 1. The third-order valence-corrected chi connectivity index (χ3v) is 6.18. The first-order valence-corrected chi connectivity index (χ1v) is 10.3. The van der Waals surface area contributed by atoms with Gasteiger partial charge in [-0.2, -0.15) is 0 Å². The lowest BCUT2D eigenvalue weighted by molar-refractivity contribution is -0.128. The monoisotopic (exact) mass is 447 g/mol. The number of hydrogen-bond acceptors (Lipinski definition) is 9. The van der Waals surface area contributed by atoms with Crippen LogP contribution in [-0.4, -0.2) is 53.2 Å². The third-order valence-electron chi connectivity index (χ3n) is 5.54. The Morgan fingerprint density at radius 3 is 2.77 bits per heavy atom. The summed E-state index contributed by atoms with van der Waals surface area (Å²) in [6.07, 6.45) is 3.25. The number of hydrogen-bond donors (Lipinski definition) is 2. The summed E-state index contributed by atoms with van der Waals surface area (Å²) in [6, 6.07) is 2.74. The van der Waals surface area contributed by atoms with Gasteiger partial charge < -0.3 is 20.3 Å². The molecule has 4 heterocycles. The normalized spacial score (nSPS) is 21.1. The van der Waals surface area contributed by atoms with E-state index in [1.54, 1.807) is 18.1 Å². The predicted octanol–water partition coefficient (Wildman–Crippen LogP) is 2.00. The van der Waals surface area contributed by atoms with Crippen molar-refractivity contribution in [3.05, 3.63) is 41.9 Å². The molecule has 1 atom stereocenters. The number of anilines is 2. The zero-order chi connectivity index (χ0) is 21.5. The number of amides is 1. The van der Waals surface area contributed by atoms with E-state index in [2.05, 4.69) is 9.97 Å². The highest BCUT2D eigenvalue weighted by atomic mass is 32.2. The van der Waals surface area contributed by atoms with E-state index in [0.29, 0.717) is 54.1 Å². The van der Waals surface area contributed by atoms with Crippen molar-refractivity contribution in [3.8, 4) is 0 Å². The maximum Gasteiger partial charge on any atom is 0.255 e. The zero-order valence-electron chi connectivity index (χ0n) is 16.6. The van der Waals surface area contributed by atoms with Gasteiger partial charge in [0.1, 0.15) is 17.0 Å². The van der Waals surface area contributed by atoms with Crippen LogP contribution in [0.1, 0.15) is 32.3 Å². The van der Waals surface area contributed by atoms with Crippen LogP contribution in [0.2, 0.25) is 0 Å². The van der Waals surface area contributed by atoms with Gasteiger partial charge in [-0.3, -0.25) is 14.9 Å². The Hall–Kier alpha value is -2.76. The first-order valence-electron chi connectivity index (χ1n) is 9.42. The van der Waals surface area contributed by atoms with E-state index in [0.717, 1.165) is 18.1 Å². The summed E-state index contributed by atoms with van der Waals surface area (Å²) in [5.41, 5.74) is 6.66. The molecule has 166 valence electrons. The second kappa shape index (κ2) is 8.77. The molecule has 4 rings (SSSR count). The average molecular weight is 448 g/mol. The molecule has 0 aromatic carbocycles. The van der Waals surface area contributed by atoms with Crippen LogP contribution in [0, 0.1) is 5.82 Å². The number of fused-ring (bicyclic) bond motifs is 3. The summed E-state index contributed by atoms with van der Waals surface area (Å²) < 4.78 is 18.9. The van der Waals surface area contributed by atoms with Gasteiger partial charge in [-0.05, 0) is 30.5 Å². The Balaban J connectivity index is 0.00000272. The van der Waals surface area contributed by atoms with E-state index in [9.17, 15) is 9.18 Å². The van der Waals surface area contributed by atoms with E-state index in [1.165, 1.54) is 12.1 Å². The summed E-state index contributed by atoms with van der Waals surface area (Å²) in [5, 5.41) is 5.88. The molecule has 0 saturated carbocycles. The van der Waals surface area contributed by atoms with Crippen LogP contribution in [0.25, 0.3) is 10.6 Å². The lowest BCUT2D eigenvalue weighted by Gasteiger charge is -2.51. The molecule has 1 amide bonds. The van der Waals surface area contributed by atoms with Gasteiger partial charge in [-0.15, -0.1) is 0 Å². The van der Waals surface area contributed by atoms with E-state index >= 15 is 0 Å². The lowest BCUT2D eigenvalue weighted by atomic mass is 9.89. The quantitative estimate of drug-likeness (QED) is 0.677. The Morgan fingerprint density at radius 2 is 2.13 bits per heavy atom. The number of rotatable bonds is 4. The molecule has 2 aliphatic heterocycles.